The van der Waals surface area contributed by atoms with Crippen LogP contribution in [-0.2, 0) is 0 Å². The average Bonchev–Trinajstić information content (AvgIpc) is 3.09. The van der Waals surface area contributed by atoms with Crippen LogP contribution in [0.4, 0.5) is 0 Å². The largest absolute Gasteiger partial charge is 0.262 e. The minimum atomic E-state index is 0.740. The Morgan fingerprint density at radius 1 is 1.17 bits per heavy atom. The summed E-state index contributed by atoms with van der Waals surface area (Å²) in [5, 5.41) is 10.1. The lowest BCUT2D eigenvalue weighted by atomic mass is 10.3. The minimum absolute atomic E-state index is 0.740. The van der Waals surface area contributed by atoms with E-state index in [0.29, 0.717) is 0 Å². The summed E-state index contributed by atoms with van der Waals surface area (Å²) in [4.78, 5) is 10.1. The number of thiophene rings is 1. The number of aromatic nitrogens is 5. The molecule has 0 N–H and O–H groups in total. The Morgan fingerprint density at radius 2 is 2.17 bits per heavy atom. The van der Waals surface area contributed by atoms with E-state index in [0.717, 1.165) is 27.4 Å². The SMILES string of the molecule is c1csc(-c2nc3cccnc3c3nncn23)c1. The highest BCUT2D eigenvalue weighted by molar-refractivity contribution is 7.13. The molecule has 4 aromatic heterocycles. The Labute approximate surface area is 106 Å². The molecule has 6 heteroatoms. The second kappa shape index (κ2) is 3.58. The zero-order chi connectivity index (χ0) is 11.9. The van der Waals surface area contributed by atoms with Crippen LogP contribution in [0.1, 0.15) is 0 Å². The zero-order valence-corrected chi connectivity index (χ0v) is 10.0. The molecule has 0 spiro atoms. The standard InChI is InChI=1S/C12H7N5S/c1-3-8-10(13-5-1)12-16-14-7-17(12)11(15-8)9-4-2-6-18-9/h1-7H. The summed E-state index contributed by atoms with van der Waals surface area (Å²) in [5.74, 6) is 0.852. The van der Waals surface area contributed by atoms with Crippen molar-refractivity contribution in [2.24, 2.45) is 0 Å². The molecule has 0 bridgehead atoms. The van der Waals surface area contributed by atoms with Crippen LogP contribution in [-0.4, -0.2) is 24.6 Å². The quantitative estimate of drug-likeness (QED) is 0.522. The molecule has 0 aliphatic carbocycles. The van der Waals surface area contributed by atoms with E-state index in [1.165, 1.54) is 0 Å². The van der Waals surface area contributed by atoms with Crippen molar-refractivity contribution in [1.29, 1.82) is 0 Å². The average molecular weight is 253 g/mol. The van der Waals surface area contributed by atoms with Crippen LogP contribution in [0.5, 0.6) is 0 Å². The fraction of sp³-hybridized carbons (Fsp3) is 0. The molecule has 4 heterocycles. The summed E-state index contributed by atoms with van der Waals surface area (Å²) in [6.45, 7) is 0. The van der Waals surface area contributed by atoms with Gasteiger partial charge < -0.3 is 0 Å². The van der Waals surface area contributed by atoms with Crippen LogP contribution in [0.2, 0.25) is 0 Å². The number of hydrogen-bond donors (Lipinski definition) is 0. The molecule has 0 radical (unpaired) electrons. The summed E-state index contributed by atoms with van der Waals surface area (Å²) in [6.07, 6.45) is 3.41. The topological polar surface area (TPSA) is 56.0 Å². The van der Waals surface area contributed by atoms with Crippen molar-refractivity contribution in [2.45, 2.75) is 0 Å². The monoisotopic (exact) mass is 253 g/mol. The Morgan fingerprint density at radius 3 is 3.06 bits per heavy atom. The van der Waals surface area contributed by atoms with Gasteiger partial charge in [0.15, 0.2) is 11.5 Å². The fourth-order valence-corrected chi connectivity index (χ4v) is 2.67. The highest BCUT2D eigenvalue weighted by Gasteiger charge is 2.12. The van der Waals surface area contributed by atoms with Gasteiger partial charge in [0.1, 0.15) is 11.8 Å². The van der Waals surface area contributed by atoms with Gasteiger partial charge >= 0.3 is 0 Å². The summed E-state index contributed by atoms with van der Waals surface area (Å²) < 4.78 is 1.88. The predicted octanol–water partition coefficient (Wildman–Crippen LogP) is 2.40. The molecule has 0 fully saturated rings. The molecule has 0 amide bonds. The van der Waals surface area contributed by atoms with E-state index in [4.69, 9.17) is 0 Å². The molecule has 4 rings (SSSR count). The molecule has 4 aromatic rings. The smallest absolute Gasteiger partial charge is 0.190 e. The maximum Gasteiger partial charge on any atom is 0.190 e. The van der Waals surface area contributed by atoms with Gasteiger partial charge in [-0.15, -0.1) is 21.5 Å². The van der Waals surface area contributed by atoms with E-state index >= 15 is 0 Å². The van der Waals surface area contributed by atoms with Gasteiger partial charge in [-0.25, -0.2) is 4.98 Å². The van der Waals surface area contributed by atoms with Crippen molar-refractivity contribution in [3.05, 3.63) is 42.2 Å². The van der Waals surface area contributed by atoms with Crippen LogP contribution in [0.3, 0.4) is 0 Å². The molecule has 0 saturated carbocycles. The van der Waals surface area contributed by atoms with Gasteiger partial charge in [0.25, 0.3) is 0 Å². The van der Waals surface area contributed by atoms with Crippen LogP contribution < -0.4 is 0 Å². The van der Waals surface area contributed by atoms with Crippen molar-refractivity contribution in [1.82, 2.24) is 24.6 Å². The molecule has 0 aliphatic rings. The second-order valence-electron chi connectivity index (χ2n) is 3.81. The predicted molar refractivity (Wildman–Crippen MR) is 69.4 cm³/mol. The molecule has 18 heavy (non-hydrogen) atoms. The maximum absolute atomic E-state index is 4.65. The normalized spacial score (nSPS) is 11.3. The van der Waals surface area contributed by atoms with E-state index in [1.807, 2.05) is 34.0 Å². The molecule has 0 aliphatic heterocycles. The van der Waals surface area contributed by atoms with E-state index in [-0.39, 0.29) is 0 Å². The van der Waals surface area contributed by atoms with Crippen molar-refractivity contribution in [2.75, 3.05) is 0 Å². The highest BCUT2D eigenvalue weighted by Crippen LogP contribution is 2.26. The highest BCUT2D eigenvalue weighted by atomic mass is 32.1. The lowest BCUT2D eigenvalue weighted by Crippen LogP contribution is -1.96. The van der Waals surface area contributed by atoms with Crippen LogP contribution in [0.25, 0.3) is 27.4 Å². The molecular weight excluding hydrogens is 246 g/mol. The molecule has 86 valence electrons. The molecule has 0 saturated heterocycles. The second-order valence-corrected chi connectivity index (χ2v) is 4.76. The molecule has 0 unspecified atom stereocenters. The zero-order valence-electron chi connectivity index (χ0n) is 9.19. The third kappa shape index (κ3) is 1.26. The molecular formula is C12H7N5S. The number of nitrogens with zero attached hydrogens (tertiary/aromatic N) is 5. The van der Waals surface area contributed by atoms with Gasteiger partial charge in [0.2, 0.25) is 0 Å². The van der Waals surface area contributed by atoms with E-state index in [1.54, 1.807) is 23.9 Å². The van der Waals surface area contributed by atoms with E-state index in [2.05, 4.69) is 20.2 Å². The van der Waals surface area contributed by atoms with E-state index in [9.17, 15) is 0 Å². The molecule has 5 nitrogen and oxygen atoms in total. The third-order valence-electron chi connectivity index (χ3n) is 2.74. The first-order valence-corrected chi connectivity index (χ1v) is 6.30. The Bertz CT molecular complexity index is 834. The Kier molecular flexibility index (Phi) is 1.92. The minimum Gasteiger partial charge on any atom is -0.262 e. The van der Waals surface area contributed by atoms with E-state index < -0.39 is 0 Å². The third-order valence-corrected chi connectivity index (χ3v) is 3.61. The van der Waals surface area contributed by atoms with Gasteiger partial charge in [0.05, 0.1) is 10.4 Å². The summed E-state index contributed by atoms with van der Waals surface area (Å²) in [7, 11) is 0. The lowest BCUT2D eigenvalue weighted by molar-refractivity contribution is 1.09. The lowest BCUT2D eigenvalue weighted by Gasteiger charge is -2.04. The number of pyridine rings is 1. The summed E-state index contributed by atoms with van der Waals surface area (Å²) >= 11 is 1.64. The van der Waals surface area contributed by atoms with Crippen molar-refractivity contribution in [3.63, 3.8) is 0 Å². The first-order chi connectivity index (χ1) is 8.93. The van der Waals surface area contributed by atoms with Crippen molar-refractivity contribution < 1.29 is 0 Å². The number of hydrogen-bond acceptors (Lipinski definition) is 5. The molecule has 0 aromatic carbocycles. The number of rotatable bonds is 1. The van der Waals surface area contributed by atoms with Crippen LogP contribution in [0, 0.1) is 0 Å². The Hall–Kier alpha value is -2.34. The summed E-state index contributed by atoms with van der Waals surface area (Å²) in [5.41, 5.74) is 2.35. The van der Waals surface area contributed by atoms with Crippen molar-refractivity contribution >= 4 is 28.0 Å². The fourth-order valence-electron chi connectivity index (χ4n) is 1.96. The first kappa shape index (κ1) is 9.67. The number of fused-ring (bicyclic) bond motifs is 3. The van der Waals surface area contributed by atoms with Crippen LogP contribution >= 0.6 is 11.3 Å². The van der Waals surface area contributed by atoms with Crippen LogP contribution in [0.15, 0.2) is 42.2 Å². The van der Waals surface area contributed by atoms with Gasteiger partial charge in [-0.1, -0.05) is 6.07 Å². The maximum atomic E-state index is 4.65. The van der Waals surface area contributed by atoms with Gasteiger partial charge in [-0.2, -0.15) is 0 Å². The van der Waals surface area contributed by atoms with Gasteiger partial charge in [-0.05, 0) is 23.6 Å². The summed E-state index contributed by atoms with van der Waals surface area (Å²) in [6, 6.07) is 7.86. The molecule has 0 atom stereocenters. The Balaban J connectivity index is 2.21. The van der Waals surface area contributed by atoms with Crippen molar-refractivity contribution in [3.8, 4) is 10.7 Å². The van der Waals surface area contributed by atoms with Gasteiger partial charge in [0, 0.05) is 6.20 Å². The first-order valence-electron chi connectivity index (χ1n) is 5.42. The van der Waals surface area contributed by atoms with Gasteiger partial charge in [-0.3, -0.25) is 9.38 Å².